The molecule has 1 heterocycles. The van der Waals surface area contributed by atoms with Gasteiger partial charge in [0.1, 0.15) is 19.4 Å². The summed E-state index contributed by atoms with van der Waals surface area (Å²) in [4.78, 5) is 26.0. The van der Waals surface area contributed by atoms with E-state index in [9.17, 15) is 14.0 Å². The molecule has 0 saturated carbocycles. The molecule has 1 unspecified atom stereocenters. The monoisotopic (exact) mass is 428 g/mol. The van der Waals surface area contributed by atoms with Crippen molar-refractivity contribution in [3.63, 3.8) is 0 Å². The van der Waals surface area contributed by atoms with Crippen LogP contribution in [-0.2, 0) is 32.3 Å². The van der Waals surface area contributed by atoms with Gasteiger partial charge < -0.3 is 14.8 Å². The first-order chi connectivity index (χ1) is 15.1. The van der Waals surface area contributed by atoms with E-state index >= 15 is 0 Å². The quantitative estimate of drug-likeness (QED) is 0.620. The zero-order chi connectivity index (χ0) is 21.9. The minimum atomic E-state index is -1.02. The Bertz CT molecular complexity index is 819. The van der Waals surface area contributed by atoms with Gasteiger partial charge in [-0.2, -0.15) is 0 Å². The lowest BCUT2D eigenvalue weighted by molar-refractivity contribution is -0.147. The fourth-order valence-corrected chi connectivity index (χ4v) is 3.51. The average molecular weight is 429 g/mol. The number of likely N-dealkylation sites (tertiary alicyclic amines) is 1. The number of hydrogen-bond donors (Lipinski definition) is 1. The predicted octanol–water partition coefficient (Wildman–Crippen LogP) is 2.87. The van der Waals surface area contributed by atoms with Crippen LogP contribution in [0.1, 0.15) is 24.0 Å². The molecule has 0 bridgehead atoms. The second-order valence-corrected chi connectivity index (χ2v) is 7.74. The molecular formula is C24H29FN2O4. The molecule has 0 amide bonds. The molecule has 1 aliphatic rings. The molecule has 1 N–H and O–H groups in total. The third-order valence-corrected chi connectivity index (χ3v) is 5.14. The molecule has 1 aliphatic heterocycles. The van der Waals surface area contributed by atoms with Gasteiger partial charge in [-0.1, -0.05) is 60.7 Å². The van der Waals surface area contributed by atoms with Crippen molar-refractivity contribution in [3.05, 3.63) is 71.8 Å². The summed E-state index contributed by atoms with van der Waals surface area (Å²) in [7, 11) is 0. The second-order valence-electron chi connectivity index (χ2n) is 7.74. The summed E-state index contributed by atoms with van der Waals surface area (Å²) in [6.45, 7) is 1.12. The molecule has 2 aromatic carbocycles. The van der Waals surface area contributed by atoms with Crippen LogP contribution >= 0.6 is 0 Å². The Balaban J connectivity index is 1.41. The Hall–Kier alpha value is -2.77. The molecule has 6 nitrogen and oxygen atoms in total. The normalized spacial score (nSPS) is 19.4. The van der Waals surface area contributed by atoms with Crippen molar-refractivity contribution in [3.8, 4) is 0 Å². The van der Waals surface area contributed by atoms with Crippen molar-refractivity contribution in [2.24, 2.45) is 0 Å². The number of hydrogen-bond acceptors (Lipinski definition) is 6. The zero-order valence-electron chi connectivity index (χ0n) is 17.5. The van der Waals surface area contributed by atoms with Crippen LogP contribution in [0.4, 0.5) is 4.39 Å². The van der Waals surface area contributed by atoms with Crippen LogP contribution in [0.15, 0.2) is 60.7 Å². The number of nitrogens with one attached hydrogen (secondary N) is 1. The Morgan fingerprint density at radius 2 is 1.45 bits per heavy atom. The maximum Gasteiger partial charge on any atom is 0.320 e. The van der Waals surface area contributed by atoms with Crippen LogP contribution in [0.25, 0.3) is 0 Å². The number of halogens is 1. The second kappa shape index (κ2) is 12.2. The number of carbonyl (C=O) groups is 2. The molecule has 166 valence electrons. The SMILES string of the molecule is O=C(CN[C@H]1CCC(F)CN(CC(=O)OCc2ccccc2)C1)OCc1ccccc1. The van der Waals surface area contributed by atoms with Crippen LogP contribution in [0.3, 0.4) is 0 Å². The molecular weight excluding hydrogens is 399 g/mol. The first-order valence-corrected chi connectivity index (χ1v) is 10.6. The van der Waals surface area contributed by atoms with Crippen LogP contribution in [0, 0.1) is 0 Å². The molecule has 3 rings (SSSR count). The van der Waals surface area contributed by atoms with E-state index in [1.165, 1.54) is 0 Å². The van der Waals surface area contributed by atoms with Crippen LogP contribution in [0.2, 0.25) is 0 Å². The lowest BCUT2D eigenvalue weighted by Crippen LogP contribution is -2.44. The molecule has 1 fully saturated rings. The highest BCUT2D eigenvalue weighted by Gasteiger charge is 2.26. The summed E-state index contributed by atoms with van der Waals surface area (Å²) in [5, 5.41) is 3.14. The number of rotatable bonds is 9. The number of nitrogens with zero attached hydrogens (tertiary/aromatic N) is 1. The minimum Gasteiger partial charge on any atom is -0.460 e. The summed E-state index contributed by atoms with van der Waals surface area (Å²) in [6, 6.07) is 18.8. The van der Waals surface area contributed by atoms with E-state index in [4.69, 9.17) is 9.47 Å². The van der Waals surface area contributed by atoms with E-state index in [2.05, 4.69) is 5.32 Å². The molecule has 0 aromatic heterocycles. The molecule has 0 spiro atoms. The topological polar surface area (TPSA) is 67.9 Å². The average Bonchev–Trinajstić information content (AvgIpc) is 2.96. The number of ether oxygens (including phenoxy) is 2. The molecule has 7 heteroatoms. The number of alkyl halides is 1. The number of esters is 2. The minimum absolute atomic E-state index is 0.0177. The van der Waals surface area contributed by atoms with Gasteiger partial charge in [-0.25, -0.2) is 4.39 Å². The van der Waals surface area contributed by atoms with Gasteiger partial charge in [-0.05, 0) is 24.0 Å². The van der Waals surface area contributed by atoms with E-state index in [0.717, 1.165) is 11.1 Å². The van der Waals surface area contributed by atoms with Crippen molar-refractivity contribution >= 4 is 11.9 Å². The fraction of sp³-hybridized carbons (Fsp3) is 0.417. The van der Waals surface area contributed by atoms with Crippen LogP contribution in [-0.4, -0.2) is 55.2 Å². The van der Waals surface area contributed by atoms with Gasteiger partial charge in [0, 0.05) is 19.1 Å². The highest BCUT2D eigenvalue weighted by Crippen LogP contribution is 2.14. The molecule has 2 atom stereocenters. The Morgan fingerprint density at radius 1 is 0.871 bits per heavy atom. The van der Waals surface area contributed by atoms with Gasteiger partial charge in [0.2, 0.25) is 0 Å². The molecule has 0 aliphatic carbocycles. The largest absolute Gasteiger partial charge is 0.460 e. The highest BCUT2D eigenvalue weighted by molar-refractivity contribution is 5.72. The third kappa shape index (κ3) is 8.47. The van der Waals surface area contributed by atoms with Gasteiger partial charge in [0.15, 0.2) is 0 Å². The van der Waals surface area contributed by atoms with E-state index in [0.29, 0.717) is 19.4 Å². The van der Waals surface area contributed by atoms with E-state index in [1.807, 2.05) is 60.7 Å². The maximum absolute atomic E-state index is 14.2. The Morgan fingerprint density at radius 3 is 2.06 bits per heavy atom. The van der Waals surface area contributed by atoms with Gasteiger partial charge in [-0.15, -0.1) is 0 Å². The summed E-state index contributed by atoms with van der Waals surface area (Å²) >= 11 is 0. The fourth-order valence-electron chi connectivity index (χ4n) is 3.51. The summed E-state index contributed by atoms with van der Waals surface area (Å²) in [5.74, 6) is -0.752. The molecule has 2 aromatic rings. The van der Waals surface area contributed by atoms with Crippen molar-refractivity contribution in [2.75, 3.05) is 26.2 Å². The van der Waals surface area contributed by atoms with Crippen LogP contribution in [0.5, 0.6) is 0 Å². The smallest absolute Gasteiger partial charge is 0.320 e. The maximum atomic E-state index is 14.2. The van der Waals surface area contributed by atoms with Crippen molar-refractivity contribution in [1.29, 1.82) is 0 Å². The standard InChI is InChI=1S/C24H29FN2O4/c25-21-11-12-22(26-13-23(28)30-17-19-7-3-1-4-8-19)15-27(14-21)16-24(29)31-18-20-9-5-2-6-10-20/h1-10,21-22,26H,11-18H2/t21?,22-/m0/s1. The van der Waals surface area contributed by atoms with Crippen molar-refractivity contribution in [2.45, 2.75) is 38.3 Å². The van der Waals surface area contributed by atoms with Crippen molar-refractivity contribution < 1.29 is 23.5 Å². The van der Waals surface area contributed by atoms with Gasteiger partial charge >= 0.3 is 11.9 Å². The molecule has 31 heavy (non-hydrogen) atoms. The first-order valence-electron chi connectivity index (χ1n) is 10.6. The summed E-state index contributed by atoms with van der Waals surface area (Å²) in [6.07, 6.45) is -0.0478. The predicted molar refractivity (Wildman–Crippen MR) is 115 cm³/mol. The highest BCUT2D eigenvalue weighted by atomic mass is 19.1. The Labute approximate surface area is 182 Å². The molecule has 1 saturated heterocycles. The lowest BCUT2D eigenvalue weighted by Gasteiger charge is -2.24. The van der Waals surface area contributed by atoms with Gasteiger partial charge in [0.05, 0.1) is 13.1 Å². The third-order valence-electron chi connectivity index (χ3n) is 5.14. The van der Waals surface area contributed by atoms with Gasteiger partial charge in [0.25, 0.3) is 0 Å². The lowest BCUT2D eigenvalue weighted by atomic mass is 10.1. The van der Waals surface area contributed by atoms with E-state index in [-0.39, 0.29) is 50.8 Å². The number of carbonyl (C=O) groups excluding carboxylic acids is 2. The first kappa shape index (κ1) is 22.9. The molecule has 0 radical (unpaired) electrons. The van der Waals surface area contributed by atoms with Crippen LogP contribution < -0.4 is 5.32 Å². The van der Waals surface area contributed by atoms with Crippen molar-refractivity contribution in [1.82, 2.24) is 10.2 Å². The van der Waals surface area contributed by atoms with E-state index in [1.54, 1.807) is 4.90 Å². The zero-order valence-corrected chi connectivity index (χ0v) is 17.5. The van der Waals surface area contributed by atoms with E-state index < -0.39 is 6.17 Å². The number of benzene rings is 2. The summed E-state index contributed by atoms with van der Waals surface area (Å²) in [5.41, 5.74) is 1.83. The Kier molecular flexibility index (Phi) is 8.99. The van der Waals surface area contributed by atoms with Gasteiger partial charge in [-0.3, -0.25) is 14.5 Å². The summed E-state index contributed by atoms with van der Waals surface area (Å²) < 4.78 is 24.8.